The molecule has 178 valence electrons. The monoisotopic (exact) mass is 504 g/mol. The summed E-state index contributed by atoms with van der Waals surface area (Å²) < 4.78 is 5.62. The fraction of sp³-hybridized carbons (Fsp3) is 0.308. The molecular formula is C26H25ClN6OS. The van der Waals surface area contributed by atoms with Crippen molar-refractivity contribution in [1.29, 1.82) is 0 Å². The Morgan fingerprint density at radius 2 is 1.91 bits per heavy atom. The second-order valence-corrected chi connectivity index (χ2v) is 10.7. The Hall–Kier alpha value is -3.10. The SMILES string of the molecule is COc1cccc2c1CC1(CCN(c3cnc4nc(Sc5ccnc(N)c5Cl)ccc4n3)CC1)C2. The summed E-state index contributed by atoms with van der Waals surface area (Å²) in [6, 6.07) is 12.2. The largest absolute Gasteiger partial charge is 0.496 e. The molecule has 0 amide bonds. The maximum Gasteiger partial charge on any atom is 0.179 e. The van der Waals surface area contributed by atoms with Gasteiger partial charge in [0.15, 0.2) is 5.65 Å². The highest BCUT2D eigenvalue weighted by Crippen LogP contribution is 2.47. The molecule has 1 spiro atoms. The Morgan fingerprint density at radius 1 is 1.06 bits per heavy atom. The highest BCUT2D eigenvalue weighted by Gasteiger charge is 2.41. The Balaban J connectivity index is 1.16. The predicted octanol–water partition coefficient (Wildman–Crippen LogP) is 5.20. The van der Waals surface area contributed by atoms with Gasteiger partial charge in [-0.2, -0.15) is 0 Å². The lowest BCUT2D eigenvalue weighted by Gasteiger charge is -2.39. The topological polar surface area (TPSA) is 90.0 Å². The van der Waals surface area contributed by atoms with E-state index < -0.39 is 0 Å². The number of aromatic nitrogens is 4. The van der Waals surface area contributed by atoms with Gasteiger partial charge in [-0.3, -0.25) is 0 Å². The number of piperidine rings is 1. The number of fused-ring (bicyclic) bond motifs is 2. The Kier molecular flexibility index (Phi) is 5.65. The molecule has 1 aliphatic carbocycles. The van der Waals surface area contributed by atoms with E-state index in [1.807, 2.05) is 24.4 Å². The molecule has 1 saturated heterocycles. The van der Waals surface area contributed by atoms with E-state index in [2.05, 4.69) is 38.1 Å². The van der Waals surface area contributed by atoms with Crippen LogP contribution in [0.1, 0.15) is 24.0 Å². The first-order chi connectivity index (χ1) is 17.0. The van der Waals surface area contributed by atoms with E-state index in [1.165, 1.54) is 22.9 Å². The number of nitrogens with two attached hydrogens (primary N) is 1. The van der Waals surface area contributed by atoms with Crippen LogP contribution in [0.4, 0.5) is 11.6 Å². The van der Waals surface area contributed by atoms with Crippen LogP contribution in [0.2, 0.25) is 5.02 Å². The first kappa shape index (κ1) is 22.4. The Labute approximate surface area is 213 Å². The molecule has 0 bridgehead atoms. The molecule has 1 fully saturated rings. The number of hydrogen-bond donors (Lipinski definition) is 1. The number of nitrogen functional groups attached to an aromatic ring is 1. The zero-order chi connectivity index (χ0) is 24.0. The van der Waals surface area contributed by atoms with Crippen molar-refractivity contribution in [3.8, 4) is 5.75 Å². The van der Waals surface area contributed by atoms with Crippen LogP contribution in [-0.2, 0) is 12.8 Å². The summed E-state index contributed by atoms with van der Waals surface area (Å²) in [6.07, 6.45) is 7.98. The van der Waals surface area contributed by atoms with E-state index in [0.29, 0.717) is 21.9 Å². The van der Waals surface area contributed by atoms with E-state index in [1.54, 1.807) is 13.3 Å². The van der Waals surface area contributed by atoms with Crippen LogP contribution < -0.4 is 15.4 Å². The van der Waals surface area contributed by atoms with Gasteiger partial charge in [-0.15, -0.1) is 0 Å². The molecule has 7 nitrogen and oxygen atoms in total. The van der Waals surface area contributed by atoms with Gasteiger partial charge in [0.1, 0.15) is 27.9 Å². The predicted molar refractivity (Wildman–Crippen MR) is 139 cm³/mol. The number of benzene rings is 1. The van der Waals surface area contributed by atoms with Gasteiger partial charge in [0.05, 0.1) is 18.3 Å². The Bertz CT molecular complexity index is 1420. The summed E-state index contributed by atoms with van der Waals surface area (Å²) in [5.41, 5.74) is 10.4. The van der Waals surface area contributed by atoms with Crippen LogP contribution in [0.5, 0.6) is 5.75 Å². The number of rotatable bonds is 4. The van der Waals surface area contributed by atoms with Gasteiger partial charge < -0.3 is 15.4 Å². The third kappa shape index (κ3) is 4.15. The van der Waals surface area contributed by atoms with Crippen LogP contribution in [-0.4, -0.2) is 40.1 Å². The second kappa shape index (κ2) is 8.84. The molecule has 9 heteroatoms. The van der Waals surface area contributed by atoms with E-state index >= 15 is 0 Å². The molecular weight excluding hydrogens is 480 g/mol. The van der Waals surface area contributed by atoms with E-state index in [4.69, 9.17) is 27.1 Å². The highest BCUT2D eigenvalue weighted by atomic mass is 35.5. The number of nitrogens with zero attached hydrogens (tertiary/aromatic N) is 5. The molecule has 0 unspecified atom stereocenters. The number of hydrogen-bond acceptors (Lipinski definition) is 8. The first-order valence-electron chi connectivity index (χ1n) is 11.6. The zero-order valence-electron chi connectivity index (χ0n) is 19.4. The molecule has 35 heavy (non-hydrogen) atoms. The minimum atomic E-state index is 0.311. The van der Waals surface area contributed by atoms with Gasteiger partial charge in [-0.05, 0) is 66.5 Å². The Morgan fingerprint density at radius 3 is 2.74 bits per heavy atom. The van der Waals surface area contributed by atoms with Gasteiger partial charge in [-0.1, -0.05) is 35.5 Å². The molecule has 4 heterocycles. The smallest absolute Gasteiger partial charge is 0.179 e. The van der Waals surface area contributed by atoms with Crippen molar-refractivity contribution in [2.75, 3.05) is 30.8 Å². The zero-order valence-corrected chi connectivity index (χ0v) is 20.9. The van der Waals surface area contributed by atoms with E-state index in [-0.39, 0.29) is 0 Å². The van der Waals surface area contributed by atoms with Crippen LogP contribution in [0.3, 0.4) is 0 Å². The average molecular weight is 505 g/mol. The minimum Gasteiger partial charge on any atom is -0.496 e. The van der Waals surface area contributed by atoms with Crippen LogP contribution in [0, 0.1) is 5.41 Å². The normalized spacial score (nSPS) is 16.6. The maximum atomic E-state index is 6.28. The summed E-state index contributed by atoms with van der Waals surface area (Å²) in [5, 5.41) is 1.22. The van der Waals surface area contributed by atoms with Crippen LogP contribution >= 0.6 is 23.4 Å². The lowest BCUT2D eigenvalue weighted by atomic mass is 9.76. The van der Waals surface area contributed by atoms with Gasteiger partial charge in [0.25, 0.3) is 0 Å². The molecule has 1 aliphatic heterocycles. The average Bonchev–Trinajstić information content (AvgIpc) is 3.24. The first-order valence-corrected chi connectivity index (χ1v) is 12.8. The number of ether oxygens (including phenoxy) is 1. The standard InChI is InChI=1S/C26H25ClN6OS/c1-34-19-4-2-3-16-13-26(14-17(16)19)8-11-33(12-9-26)21-15-30-25-18(31-21)5-6-22(32-25)35-20-7-10-29-24(28)23(20)27/h2-7,10,15H,8-9,11-14H2,1H3,(H2,28,29). The fourth-order valence-electron chi connectivity index (χ4n) is 5.29. The lowest BCUT2D eigenvalue weighted by Crippen LogP contribution is -2.41. The second-order valence-electron chi connectivity index (χ2n) is 9.27. The molecule has 3 aromatic heterocycles. The summed E-state index contributed by atoms with van der Waals surface area (Å²) in [4.78, 5) is 21.3. The number of pyridine rings is 2. The quantitative estimate of drug-likeness (QED) is 0.405. The lowest BCUT2D eigenvalue weighted by molar-refractivity contribution is 0.231. The molecule has 6 rings (SSSR count). The summed E-state index contributed by atoms with van der Waals surface area (Å²) in [7, 11) is 1.77. The van der Waals surface area contributed by atoms with Gasteiger partial charge >= 0.3 is 0 Å². The molecule has 0 atom stereocenters. The van der Waals surface area contributed by atoms with Crippen molar-refractivity contribution in [1.82, 2.24) is 19.9 Å². The van der Waals surface area contributed by atoms with Crippen LogP contribution in [0.25, 0.3) is 11.2 Å². The third-order valence-corrected chi connectivity index (χ3v) is 8.68. The molecule has 4 aromatic rings. The molecule has 2 N–H and O–H groups in total. The highest BCUT2D eigenvalue weighted by molar-refractivity contribution is 7.99. The number of halogens is 1. The van der Waals surface area contributed by atoms with Gasteiger partial charge in [0, 0.05) is 24.2 Å². The van der Waals surface area contributed by atoms with Crippen molar-refractivity contribution in [3.05, 3.63) is 64.9 Å². The van der Waals surface area contributed by atoms with Crippen molar-refractivity contribution in [2.45, 2.75) is 35.6 Å². The van der Waals surface area contributed by atoms with Crippen molar-refractivity contribution < 1.29 is 4.74 Å². The number of methoxy groups -OCH3 is 1. The summed E-state index contributed by atoms with van der Waals surface area (Å²) in [6.45, 7) is 1.94. The molecule has 0 radical (unpaired) electrons. The van der Waals surface area contributed by atoms with Crippen molar-refractivity contribution in [2.24, 2.45) is 5.41 Å². The van der Waals surface area contributed by atoms with Crippen LogP contribution in [0.15, 0.2) is 58.7 Å². The minimum absolute atomic E-state index is 0.311. The molecule has 0 saturated carbocycles. The van der Waals surface area contributed by atoms with E-state index in [0.717, 1.165) is 65.8 Å². The maximum absolute atomic E-state index is 6.28. The fourth-order valence-corrected chi connectivity index (χ4v) is 6.34. The number of anilines is 2. The van der Waals surface area contributed by atoms with Crippen molar-refractivity contribution in [3.63, 3.8) is 0 Å². The van der Waals surface area contributed by atoms with E-state index in [9.17, 15) is 0 Å². The summed E-state index contributed by atoms with van der Waals surface area (Å²) >= 11 is 7.71. The summed E-state index contributed by atoms with van der Waals surface area (Å²) in [5.74, 6) is 2.25. The van der Waals surface area contributed by atoms with Gasteiger partial charge in [-0.25, -0.2) is 19.9 Å². The third-order valence-electron chi connectivity index (χ3n) is 7.18. The molecule has 2 aliphatic rings. The van der Waals surface area contributed by atoms with Gasteiger partial charge in [0.2, 0.25) is 0 Å². The van der Waals surface area contributed by atoms with Crippen molar-refractivity contribution >= 4 is 46.2 Å². The molecule has 1 aromatic carbocycles.